The summed E-state index contributed by atoms with van der Waals surface area (Å²) in [7, 11) is 0. The first-order valence-corrected chi connectivity index (χ1v) is 7.17. The highest BCUT2D eigenvalue weighted by Gasteiger charge is 2.15. The van der Waals surface area contributed by atoms with Crippen LogP contribution < -0.4 is 11.1 Å². The molecule has 96 valence electrons. The maximum Gasteiger partial charge on any atom is 0.183 e. The van der Waals surface area contributed by atoms with E-state index in [1.807, 2.05) is 5.38 Å². The van der Waals surface area contributed by atoms with Crippen LogP contribution in [0.25, 0.3) is 5.57 Å². The molecule has 0 atom stereocenters. The van der Waals surface area contributed by atoms with Gasteiger partial charge in [0.2, 0.25) is 0 Å². The summed E-state index contributed by atoms with van der Waals surface area (Å²) >= 11 is 1.54. The second-order valence-corrected chi connectivity index (χ2v) is 5.55. The summed E-state index contributed by atoms with van der Waals surface area (Å²) in [4.78, 5) is 4.44. The van der Waals surface area contributed by atoms with E-state index in [1.165, 1.54) is 32.1 Å². The summed E-state index contributed by atoms with van der Waals surface area (Å²) in [5, 5.41) is 15.3. The van der Waals surface area contributed by atoms with Crippen molar-refractivity contribution in [3.05, 3.63) is 16.8 Å². The van der Waals surface area contributed by atoms with Crippen LogP contribution in [0.3, 0.4) is 0 Å². The minimum absolute atomic E-state index is 0.475. The largest absolute Gasteiger partial charge is 0.401 e. The topological polar surface area (TPSA) is 74.7 Å². The average molecular weight is 262 g/mol. The number of aromatic nitrogens is 1. The lowest BCUT2D eigenvalue weighted by atomic mass is 9.96. The van der Waals surface area contributed by atoms with Gasteiger partial charge < -0.3 is 11.1 Å². The summed E-state index contributed by atoms with van der Waals surface area (Å²) in [6.07, 6.45) is 6.36. The Morgan fingerprint density at radius 2 is 2.22 bits per heavy atom. The van der Waals surface area contributed by atoms with Crippen molar-refractivity contribution in [2.45, 2.75) is 45.1 Å². The molecule has 1 fully saturated rings. The van der Waals surface area contributed by atoms with Crippen molar-refractivity contribution in [3.8, 4) is 6.07 Å². The average Bonchev–Trinajstić information content (AvgIpc) is 2.79. The maximum atomic E-state index is 9.04. The number of allylic oxidation sites excluding steroid dienone is 2. The van der Waals surface area contributed by atoms with Gasteiger partial charge in [-0.25, -0.2) is 4.98 Å². The lowest BCUT2D eigenvalue weighted by Gasteiger charge is -2.22. The molecule has 0 radical (unpaired) electrons. The summed E-state index contributed by atoms with van der Waals surface area (Å²) < 4.78 is 0. The molecule has 0 aliphatic heterocycles. The third-order valence-electron chi connectivity index (χ3n) is 3.20. The normalized spacial score (nSPS) is 18.0. The number of hydrogen-bond acceptors (Lipinski definition) is 5. The van der Waals surface area contributed by atoms with E-state index in [-0.39, 0.29) is 0 Å². The fourth-order valence-corrected chi connectivity index (χ4v) is 3.00. The molecule has 0 unspecified atom stereocenters. The molecule has 18 heavy (non-hydrogen) atoms. The van der Waals surface area contributed by atoms with Crippen LogP contribution in [0.1, 0.15) is 44.7 Å². The Morgan fingerprint density at radius 3 is 2.83 bits per heavy atom. The standard InChI is InChI=1S/C13H18N4S/c1-9(15)11(7-14)12-8-18-13(17-12)16-10-5-3-2-4-6-10/h8,10H,2-6,15H2,1H3,(H,16,17)/b11-9+. The number of hydrogen-bond donors (Lipinski definition) is 2. The smallest absolute Gasteiger partial charge is 0.183 e. The molecule has 1 aliphatic carbocycles. The van der Waals surface area contributed by atoms with Crippen LogP contribution >= 0.6 is 11.3 Å². The van der Waals surface area contributed by atoms with Gasteiger partial charge in [-0.3, -0.25) is 0 Å². The first-order chi connectivity index (χ1) is 8.70. The molecule has 1 aliphatic rings. The van der Waals surface area contributed by atoms with Crippen molar-refractivity contribution in [3.63, 3.8) is 0 Å². The van der Waals surface area contributed by atoms with Gasteiger partial charge in [-0.15, -0.1) is 11.3 Å². The van der Waals surface area contributed by atoms with E-state index in [2.05, 4.69) is 16.4 Å². The van der Waals surface area contributed by atoms with E-state index in [9.17, 15) is 0 Å². The molecule has 1 saturated carbocycles. The van der Waals surface area contributed by atoms with Gasteiger partial charge in [-0.2, -0.15) is 5.26 Å². The van der Waals surface area contributed by atoms with E-state index in [1.54, 1.807) is 18.3 Å². The molecular weight excluding hydrogens is 244 g/mol. The van der Waals surface area contributed by atoms with E-state index in [0.717, 1.165) is 5.13 Å². The predicted molar refractivity (Wildman–Crippen MR) is 75.0 cm³/mol. The van der Waals surface area contributed by atoms with Crippen molar-refractivity contribution in [2.75, 3.05) is 5.32 Å². The number of nitrogens with two attached hydrogens (primary N) is 1. The quantitative estimate of drug-likeness (QED) is 0.821. The Kier molecular flexibility index (Phi) is 4.21. The number of nitrogens with one attached hydrogen (secondary N) is 1. The molecule has 1 heterocycles. The van der Waals surface area contributed by atoms with Crippen LogP contribution in [0.4, 0.5) is 5.13 Å². The molecule has 1 aromatic heterocycles. The number of nitrogens with zero attached hydrogens (tertiary/aromatic N) is 2. The van der Waals surface area contributed by atoms with Crippen molar-refractivity contribution in [1.29, 1.82) is 5.26 Å². The number of nitriles is 1. The fourth-order valence-electron chi connectivity index (χ4n) is 2.22. The van der Waals surface area contributed by atoms with Gasteiger partial charge in [0.25, 0.3) is 0 Å². The molecule has 0 amide bonds. The molecule has 0 bridgehead atoms. The zero-order valence-electron chi connectivity index (χ0n) is 10.6. The van der Waals surface area contributed by atoms with E-state index >= 15 is 0 Å². The van der Waals surface area contributed by atoms with Crippen molar-refractivity contribution in [1.82, 2.24) is 4.98 Å². The Balaban J connectivity index is 2.06. The van der Waals surface area contributed by atoms with Gasteiger partial charge >= 0.3 is 0 Å². The van der Waals surface area contributed by atoms with Gasteiger partial charge in [0.05, 0.1) is 11.3 Å². The monoisotopic (exact) mass is 262 g/mol. The van der Waals surface area contributed by atoms with E-state index < -0.39 is 0 Å². The zero-order chi connectivity index (χ0) is 13.0. The molecule has 3 N–H and O–H groups in total. The molecular formula is C13H18N4S. The van der Waals surface area contributed by atoms with Crippen LogP contribution in [-0.2, 0) is 0 Å². The van der Waals surface area contributed by atoms with Gasteiger partial charge in [0.15, 0.2) is 5.13 Å². The Labute approximate surface area is 112 Å². The first-order valence-electron chi connectivity index (χ1n) is 6.29. The molecule has 0 saturated heterocycles. The van der Waals surface area contributed by atoms with Gasteiger partial charge in [0.1, 0.15) is 6.07 Å². The summed E-state index contributed by atoms with van der Waals surface area (Å²) in [6, 6.07) is 2.64. The second-order valence-electron chi connectivity index (χ2n) is 4.69. The summed E-state index contributed by atoms with van der Waals surface area (Å²) in [6.45, 7) is 1.73. The zero-order valence-corrected chi connectivity index (χ0v) is 11.4. The van der Waals surface area contributed by atoms with Crippen LogP contribution in [0, 0.1) is 11.3 Å². The maximum absolute atomic E-state index is 9.04. The van der Waals surface area contributed by atoms with Crippen molar-refractivity contribution < 1.29 is 0 Å². The highest BCUT2D eigenvalue weighted by Crippen LogP contribution is 2.26. The van der Waals surface area contributed by atoms with Crippen LogP contribution in [-0.4, -0.2) is 11.0 Å². The Hall–Kier alpha value is -1.54. The lowest BCUT2D eigenvalue weighted by molar-refractivity contribution is 0.462. The minimum Gasteiger partial charge on any atom is -0.401 e. The van der Waals surface area contributed by atoms with Crippen LogP contribution in [0.15, 0.2) is 11.1 Å². The number of thiazole rings is 1. The summed E-state index contributed by atoms with van der Waals surface area (Å²) in [5.74, 6) is 0. The SMILES string of the molecule is C/C(N)=C(/C#N)c1csc(NC2CCCCC2)n1. The van der Waals surface area contributed by atoms with E-state index in [4.69, 9.17) is 11.0 Å². The molecule has 4 nitrogen and oxygen atoms in total. The number of rotatable bonds is 3. The Morgan fingerprint density at radius 1 is 1.50 bits per heavy atom. The van der Waals surface area contributed by atoms with Crippen molar-refractivity contribution in [2.24, 2.45) is 5.73 Å². The predicted octanol–water partition coefficient (Wildman–Crippen LogP) is 3.10. The molecule has 0 spiro atoms. The minimum atomic E-state index is 0.475. The summed E-state index contributed by atoms with van der Waals surface area (Å²) in [5.41, 5.74) is 7.35. The lowest BCUT2D eigenvalue weighted by Crippen LogP contribution is -2.22. The van der Waals surface area contributed by atoms with E-state index in [0.29, 0.717) is 23.0 Å². The molecule has 0 aromatic carbocycles. The van der Waals surface area contributed by atoms with Crippen LogP contribution in [0.5, 0.6) is 0 Å². The third kappa shape index (κ3) is 3.02. The highest BCUT2D eigenvalue weighted by molar-refractivity contribution is 7.13. The second kappa shape index (κ2) is 5.87. The Bertz CT molecular complexity index is 473. The van der Waals surface area contributed by atoms with Crippen molar-refractivity contribution >= 4 is 22.0 Å². The first kappa shape index (κ1) is 12.9. The van der Waals surface area contributed by atoms with Crippen LogP contribution in [0.2, 0.25) is 0 Å². The van der Waals surface area contributed by atoms with Gasteiger partial charge in [0, 0.05) is 17.1 Å². The third-order valence-corrected chi connectivity index (χ3v) is 3.97. The molecule has 1 aromatic rings. The highest BCUT2D eigenvalue weighted by atomic mass is 32.1. The van der Waals surface area contributed by atoms with Gasteiger partial charge in [-0.05, 0) is 19.8 Å². The molecule has 5 heteroatoms. The molecule has 2 rings (SSSR count). The number of anilines is 1. The fraction of sp³-hybridized carbons (Fsp3) is 0.538. The van der Waals surface area contributed by atoms with Gasteiger partial charge in [-0.1, -0.05) is 19.3 Å².